The zero-order valence-corrected chi connectivity index (χ0v) is 24.7. The van der Waals surface area contributed by atoms with Crippen LogP contribution in [0.5, 0.6) is 5.75 Å². The summed E-state index contributed by atoms with van der Waals surface area (Å²) < 4.78 is 22.8. The van der Waals surface area contributed by atoms with Gasteiger partial charge in [0.1, 0.15) is 22.9 Å². The zero-order chi connectivity index (χ0) is 27.6. The molecular weight excluding hydrogens is 562 g/mol. The van der Waals surface area contributed by atoms with Crippen LogP contribution in [0, 0.1) is 11.7 Å². The van der Waals surface area contributed by atoms with Gasteiger partial charge in [0.15, 0.2) is 0 Å². The number of carbonyl (C=O) groups is 1. The van der Waals surface area contributed by atoms with Gasteiger partial charge in [0.25, 0.3) is 5.91 Å². The maximum atomic E-state index is 15.2. The van der Waals surface area contributed by atoms with E-state index in [0.717, 1.165) is 55.3 Å². The lowest BCUT2D eigenvalue weighted by molar-refractivity contribution is 0.0944. The molecule has 216 valence electrons. The number of fused-ring (bicyclic) bond motifs is 1. The lowest BCUT2D eigenvalue weighted by Crippen LogP contribution is -2.33. The highest BCUT2D eigenvalue weighted by Crippen LogP contribution is 2.33. The molecule has 6 rings (SSSR count). The van der Waals surface area contributed by atoms with E-state index < -0.39 is 0 Å². The Kier molecular flexibility index (Phi) is 9.05. The Morgan fingerprint density at radius 1 is 1.07 bits per heavy atom. The van der Waals surface area contributed by atoms with Crippen LogP contribution in [0.3, 0.4) is 0 Å². The molecule has 6 nitrogen and oxygen atoms in total. The monoisotopic (exact) mass is 596 g/mol. The minimum Gasteiger partial charge on any atom is -0.493 e. The van der Waals surface area contributed by atoms with Gasteiger partial charge in [0, 0.05) is 31.5 Å². The number of ether oxygens (including phenoxy) is 1. The highest BCUT2D eigenvalue weighted by atomic mass is 35.5. The molecule has 1 saturated heterocycles. The van der Waals surface area contributed by atoms with Crippen molar-refractivity contribution in [2.24, 2.45) is 5.92 Å². The van der Waals surface area contributed by atoms with Crippen molar-refractivity contribution >= 4 is 41.2 Å². The van der Waals surface area contributed by atoms with Gasteiger partial charge in [0.05, 0.1) is 17.3 Å². The van der Waals surface area contributed by atoms with Crippen LogP contribution in [0.25, 0.3) is 5.65 Å². The van der Waals surface area contributed by atoms with Gasteiger partial charge in [0.2, 0.25) is 0 Å². The fourth-order valence-corrected chi connectivity index (χ4v) is 5.69. The summed E-state index contributed by atoms with van der Waals surface area (Å²) in [6.45, 7) is 4.77. The summed E-state index contributed by atoms with van der Waals surface area (Å²) in [7, 11) is 0. The van der Waals surface area contributed by atoms with Gasteiger partial charge >= 0.3 is 0 Å². The molecule has 9 heteroatoms. The number of nitrogens with zero attached hydrogens (tertiary/aromatic N) is 3. The summed E-state index contributed by atoms with van der Waals surface area (Å²) in [4.78, 5) is 20.0. The molecule has 2 fully saturated rings. The molecule has 0 unspecified atom stereocenters. The van der Waals surface area contributed by atoms with Crippen LogP contribution in [0.1, 0.15) is 65.8 Å². The third-order valence-corrected chi connectivity index (χ3v) is 8.27. The van der Waals surface area contributed by atoms with Crippen molar-refractivity contribution in [2.75, 3.05) is 24.6 Å². The third-order valence-electron chi connectivity index (χ3n) is 8.04. The standard InChI is InChI=1S/C32H34ClFN4O2.ClH/c1-2-29-31(38-19-24(33)6-12-30(38)36-29)32(39)35-18-22-5-11-27(28(34)17-22)23-13-15-37(16-14-23)25-7-9-26(10-8-25)40-20-21-3-4-21;/h5-12,17,19,21,23H,2-4,13-16,18,20H2,1H3,(H,35,39);1H. The minimum absolute atomic E-state index is 0. The minimum atomic E-state index is -0.258. The van der Waals surface area contributed by atoms with Crippen LogP contribution in [-0.2, 0) is 13.0 Å². The molecule has 0 spiro atoms. The van der Waals surface area contributed by atoms with Crippen LogP contribution >= 0.6 is 24.0 Å². The van der Waals surface area contributed by atoms with Gasteiger partial charge in [-0.1, -0.05) is 30.7 Å². The van der Waals surface area contributed by atoms with E-state index in [1.165, 1.54) is 18.5 Å². The summed E-state index contributed by atoms with van der Waals surface area (Å²) in [6.07, 6.45) is 6.66. The number of anilines is 1. The van der Waals surface area contributed by atoms with E-state index in [1.54, 1.807) is 28.8 Å². The maximum Gasteiger partial charge on any atom is 0.270 e. The van der Waals surface area contributed by atoms with Gasteiger partial charge in [-0.2, -0.15) is 0 Å². The topological polar surface area (TPSA) is 58.9 Å². The SMILES string of the molecule is CCc1nc2ccc(Cl)cn2c1C(=O)NCc1ccc(C2CCN(c3ccc(OCC4CC4)cc3)CC2)c(F)c1.Cl. The van der Waals surface area contributed by atoms with Crippen molar-refractivity contribution in [3.8, 4) is 5.75 Å². The van der Waals surface area contributed by atoms with Gasteiger partial charge in [-0.05, 0) is 97.5 Å². The summed E-state index contributed by atoms with van der Waals surface area (Å²) in [5, 5.41) is 3.46. The van der Waals surface area contributed by atoms with Gasteiger partial charge in [-0.15, -0.1) is 12.4 Å². The maximum absolute atomic E-state index is 15.2. The first-order valence-electron chi connectivity index (χ1n) is 14.2. The quantitative estimate of drug-likeness (QED) is 0.222. The summed E-state index contributed by atoms with van der Waals surface area (Å²) in [5.41, 5.74) is 4.49. The summed E-state index contributed by atoms with van der Waals surface area (Å²) in [5.74, 6) is 1.38. The fraction of sp³-hybridized carbons (Fsp3) is 0.375. The largest absolute Gasteiger partial charge is 0.493 e. The van der Waals surface area contributed by atoms with Crippen molar-refractivity contribution in [2.45, 2.75) is 51.5 Å². The first-order chi connectivity index (χ1) is 19.5. The van der Waals surface area contributed by atoms with E-state index in [4.69, 9.17) is 16.3 Å². The van der Waals surface area contributed by atoms with Crippen LogP contribution in [0.15, 0.2) is 60.8 Å². The number of halogens is 3. The Morgan fingerprint density at radius 2 is 1.83 bits per heavy atom. The molecule has 1 saturated carbocycles. The lowest BCUT2D eigenvalue weighted by Gasteiger charge is -2.34. The van der Waals surface area contributed by atoms with Crippen LogP contribution < -0.4 is 15.0 Å². The van der Waals surface area contributed by atoms with Gasteiger partial charge < -0.3 is 15.0 Å². The van der Waals surface area contributed by atoms with Crippen molar-refractivity contribution in [3.05, 3.63) is 94.1 Å². The number of amides is 1. The molecule has 41 heavy (non-hydrogen) atoms. The number of aryl methyl sites for hydroxylation is 1. The Hall–Kier alpha value is -3.29. The van der Waals surface area contributed by atoms with Crippen molar-refractivity contribution in [1.29, 1.82) is 0 Å². The molecule has 2 aromatic heterocycles. The molecular formula is C32H35Cl2FN4O2. The predicted molar refractivity (Wildman–Crippen MR) is 163 cm³/mol. The number of aromatic nitrogens is 2. The molecule has 2 aromatic carbocycles. The number of rotatable bonds is 9. The van der Waals surface area contributed by atoms with E-state index in [1.807, 2.05) is 19.1 Å². The Balaban J connectivity index is 0.00000337. The molecule has 0 bridgehead atoms. The molecule has 0 atom stereocenters. The Morgan fingerprint density at radius 3 is 2.51 bits per heavy atom. The van der Waals surface area contributed by atoms with E-state index in [2.05, 4.69) is 39.5 Å². The van der Waals surface area contributed by atoms with E-state index in [9.17, 15) is 4.79 Å². The number of benzene rings is 2. The number of hydrogen-bond acceptors (Lipinski definition) is 4. The Labute approximate surface area is 251 Å². The number of carbonyl (C=O) groups excluding carboxylic acids is 1. The second kappa shape index (κ2) is 12.7. The van der Waals surface area contributed by atoms with Gasteiger partial charge in [-0.25, -0.2) is 9.37 Å². The summed E-state index contributed by atoms with van der Waals surface area (Å²) in [6, 6.07) is 17.2. The molecule has 1 amide bonds. The second-order valence-corrected chi connectivity index (χ2v) is 11.3. The lowest BCUT2D eigenvalue weighted by atomic mass is 9.88. The molecule has 3 heterocycles. The van der Waals surface area contributed by atoms with Gasteiger partial charge in [-0.3, -0.25) is 9.20 Å². The first kappa shape index (κ1) is 29.2. The smallest absolute Gasteiger partial charge is 0.270 e. The normalized spacial score (nSPS) is 15.5. The average molecular weight is 598 g/mol. The average Bonchev–Trinajstić information content (AvgIpc) is 3.74. The Bertz CT molecular complexity index is 1510. The van der Waals surface area contributed by atoms with Crippen LogP contribution in [0.2, 0.25) is 5.02 Å². The molecule has 1 aliphatic heterocycles. The number of imidazole rings is 1. The number of pyridine rings is 1. The first-order valence-corrected chi connectivity index (χ1v) is 14.6. The number of nitrogens with one attached hydrogen (secondary N) is 1. The predicted octanol–water partition coefficient (Wildman–Crippen LogP) is 7.21. The van der Waals surface area contributed by atoms with Crippen LogP contribution in [0.4, 0.5) is 10.1 Å². The number of hydrogen-bond donors (Lipinski definition) is 1. The fourth-order valence-electron chi connectivity index (χ4n) is 5.53. The van der Waals surface area contributed by atoms with Crippen molar-refractivity contribution < 1.29 is 13.9 Å². The molecule has 0 radical (unpaired) electrons. The van der Waals surface area contributed by atoms with Crippen LogP contribution in [-0.4, -0.2) is 35.0 Å². The molecule has 1 N–H and O–H groups in total. The van der Waals surface area contributed by atoms with Crippen molar-refractivity contribution in [3.63, 3.8) is 0 Å². The van der Waals surface area contributed by atoms with E-state index in [-0.39, 0.29) is 36.6 Å². The number of piperidine rings is 1. The van der Waals surface area contributed by atoms with E-state index >= 15 is 4.39 Å². The zero-order valence-electron chi connectivity index (χ0n) is 23.1. The second-order valence-electron chi connectivity index (χ2n) is 10.9. The highest BCUT2D eigenvalue weighted by Gasteiger charge is 2.24. The van der Waals surface area contributed by atoms with E-state index in [0.29, 0.717) is 28.5 Å². The molecule has 2 aliphatic rings. The van der Waals surface area contributed by atoms with Crippen molar-refractivity contribution in [1.82, 2.24) is 14.7 Å². The molecule has 1 aliphatic carbocycles. The summed E-state index contributed by atoms with van der Waals surface area (Å²) >= 11 is 6.15. The highest BCUT2D eigenvalue weighted by molar-refractivity contribution is 6.30. The third kappa shape index (κ3) is 6.62. The molecule has 4 aromatic rings.